The van der Waals surface area contributed by atoms with E-state index in [1.165, 1.54) is 18.5 Å². The van der Waals surface area contributed by atoms with Crippen LogP contribution in [0.5, 0.6) is 11.5 Å². The molecule has 1 amide bonds. The Morgan fingerprint density at radius 1 is 1.11 bits per heavy atom. The molecule has 4 aliphatic rings. The van der Waals surface area contributed by atoms with E-state index in [2.05, 4.69) is 20.2 Å². The molecule has 236 valence electrons. The van der Waals surface area contributed by atoms with Crippen molar-refractivity contribution in [1.29, 1.82) is 0 Å². The van der Waals surface area contributed by atoms with Gasteiger partial charge in [-0.1, -0.05) is 23.2 Å². The monoisotopic (exact) mass is 647 g/mol. The van der Waals surface area contributed by atoms with E-state index in [1.807, 2.05) is 32.9 Å². The quantitative estimate of drug-likeness (QED) is 0.288. The van der Waals surface area contributed by atoms with Crippen molar-refractivity contribution in [3.63, 3.8) is 0 Å². The standard InChI is InChI=1S/C31H36Cl2FN5O5/c1-31(2,3)44-30(40)39-15-18-12-19(16-39)28(18)43-25-13-20-23(14-24(25)42-11-8-38-6-9-41-10-7-38)35-17-36-29(20)37-22-5-4-21(32)26(33)27(22)34/h4-5,13-14,17-19,28H,6-12,15-16H2,1-3H3,(H,35,36,37)/t18-,19+,28?. The van der Waals surface area contributed by atoms with E-state index in [0.29, 0.717) is 61.1 Å². The predicted octanol–water partition coefficient (Wildman–Crippen LogP) is 6.16. The third-order valence-corrected chi connectivity index (χ3v) is 8.90. The molecule has 1 unspecified atom stereocenters. The lowest BCUT2D eigenvalue weighted by Crippen LogP contribution is -2.62. The van der Waals surface area contributed by atoms with Crippen LogP contribution in [0.25, 0.3) is 10.9 Å². The van der Waals surface area contributed by atoms with Crippen LogP contribution < -0.4 is 14.8 Å². The largest absolute Gasteiger partial charge is 0.488 e. The molecule has 2 aromatic carbocycles. The topological polar surface area (TPSA) is 98.3 Å². The zero-order chi connectivity index (χ0) is 31.0. The number of piperidine rings is 2. The van der Waals surface area contributed by atoms with Crippen LogP contribution >= 0.6 is 23.2 Å². The van der Waals surface area contributed by atoms with Crippen molar-refractivity contribution in [2.45, 2.75) is 38.9 Å². The van der Waals surface area contributed by atoms with Gasteiger partial charge in [-0.05, 0) is 45.4 Å². The Hall–Kier alpha value is -3.12. The second kappa shape index (κ2) is 12.7. The van der Waals surface area contributed by atoms with Gasteiger partial charge in [-0.3, -0.25) is 4.90 Å². The minimum atomic E-state index is -0.678. The number of carbonyl (C=O) groups is 1. The van der Waals surface area contributed by atoms with Gasteiger partial charge < -0.3 is 29.2 Å². The summed E-state index contributed by atoms with van der Waals surface area (Å²) in [7, 11) is 0. The van der Waals surface area contributed by atoms with Gasteiger partial charge in [-0.2, -0.15) is 0 Å². The van der Waals surface area contributed by atoms with Gasteiger partial charge in [-0.25, -0.2) is 19.2 Å². The summed E-state index contributed by atoms with van der Waals surface area (Å²) in [6.45, 7) is 11.0. The average Bonchev–Trinajstić information content (AvgIpc) is 3.00. The molecule has 1 N–H and O–H groups in total. The minimum Gasteiger partial charge on any atom is -0.488 e. The predicted molar refractivity (Wildman–Crippen MR) is 166 cm³/mol. The summed E-state index contributed by atoms with van der Waals surface area (Å²) in [5.41, 5.74) is 0.173. The molecular weight excluding hydrogens is 612 g/mol. The molecular formula is C31H36Cl2FN5O5. The second-order valence-corrected chi connectivity index (χ2v) is 13.2. The van der Waals surface area contributed by atoms with E-state index < -0.39 is 11.4 Å². The van der Waals surface area contributed by atoms with Gasteiger partial charge in [0.25, 0.3) is 0 Å². The molecule has 4 fully saturated rings. The van der Waals surface area contributed by atoms with Gasteiger partial charge in [-0.15, -0.1) is 0 Å². The molecule has 4 heterocycles. The Labute approximate surface area is 265 Å². The molecule has 7 rings (SSSR count). The number of amides is 1. The van der Waals surface area contributed by atoms with E-state index in [-0.39, 0.29) is 39.8 Å². The lowest BCUT2D eigenvalue weighted by Gasteiger charge is -2.52. The first-order chi connectivity index (χ1) is 21.1. The smallest absolute Gasteiger partial charge is 0.410 e. The molecule has 3 atom stereocenters. The maximum atomic E-state index is 14.9. The fourth-order valence-electron chi connectivity index (χ4n) is 5.89. The van der Waals surface area contributed by atoms with Crippen LogP contribution in [0.3, 0.4) is 0 Å². The van der Waals surface area contributed by atoms with Crippen molar-refractivity contribution in [1.82, 2.24) is 19.8 Å². The summed E-state index contributed by atoms with van der Waals surface area (Å²) in [6.07, 6.45) is 1.98. The lowest BCUT2D eigenvalue weighted by molar-refractivity contribution is -0.0935. The van der Waals surface area contributed by atoms with Crippen molar-refractivity contribution < 1.29 is 28.1 Å². The van der Waals surface area contributed by atoms with Crippen LogP contribution in [-0.4, -0.2) is 90.1 Å². The van der Waals surface area contributed by atoms with Crippen molar-refractivity contribution in [3.8, 4) is 11.5 Å². The number of anilines is 2. The molecule has 44 heavy (non-hydrogen) atoms. The first-order valence-corrected chi connectivity index (χ1v) is 15.6. The first-order valence-electron chi connectivity index (χ1n) is 14.8. The van der Waals surface area contributed by atoms with Gasteiger partial charge in [0.15, 0.2) is 17.3 Å². The fourth-order valence-corrected chi connectivity index (χ4v) is 6.20. The summed E-state index contributed by atoms with van der Waals surface area (Å²) in [4.78, 5) is 25.6. The number of carbonyl (C=O) groups excluding carboxylic acids is 1. The summed E-state index contributed by atoms with van der Waals surface area (Å²) in [5, 5.41) is 3.60. The highest BCUT2D eigenvalue weighted by atomic mass is 35.5. The number of nitrogens with one attached hydrogen (secondary N) is 1. The van der Waals surface area contributed by atoms with E-state index in [9.17, 15) is 9.18 Å². The van der Waals surface area contributed by atoms with Gasteiger partial charge in [0.05, 0.1) is 34.5 Å². The molecule has 3 aromatic rings. The number of aromatic nitrogens is 2. The Morgan fingerprint density at radius 2 is 1.86 bits per heavy atom. The number of nitrogens with zero attached hydrogens (tertiary/aromatic N) is 4. The van der Waals surface area contributed by atoms with Crippen LogP contribution in [0, 0.1) is 17.7 Å². The maximum absolute atomic E-state index is 14.9. The van der Waals surface area contributed by atoms with Crippen molar-refractivity contribution in [2.75, 3.05) is 57.9 Å². The van der Waals surface area contributed by atoms with E-state index in [0.717, 1.165) is 26.1 Å². The molecule has 3 saturated heterocycles. The molecule has 10 nitrogen and oxygen atoms in total. The fraction of sp³-hybridized carbons (Fsp3) is 0.516. The highest BCUT2D eigenvalue weighted by Gasteiger charge is 2.50. The third kappa shape index (κ3) is 6.75. The lowest BCUT2D eigenvalue weighted by atomic mass is 9.68. The van der Waals surface area contributed by atoms with Crippen LogP contribution in [0.2, 0.25) is 10.0 Å². The van der Waals surface area contributed by atoms with Gasteiger partial charge >= 0.3 is 6.09 Å². The van der Waals surface area contributed by atoms with Crippen molar-refractivity contribution in [3.05, 3.63) is 46.5 Å². The molecule has 1 aromatic heterocycles. The Bertz CT molecular complexity index is 1520. The molecule has 3 aliphatic heterocycles. The summed E-state index contributed by atoms with van der Waals surface area (Å²) >= 11 is 12.0. The van der Waals surface area contributed by atoms with Crippen LogP contribution in [0.4, 0.5) is 20.7 Å². The highest BCUT2D eigenvalue weighted by molar-refractivity contribution is 6.42. The Balaban J connectivity index is 1.25. The van der Waals surface area contributed by atoms with Crippen LogP contribution in [-0.2, 0) is 9.47 Å². The van der Waals surface area contributed by atoms with Crippen LogP contribution in [0.15, 0.2) is 30.6 Å². The molecule has 2 bridgehead atoms. The number of halogens is 3. The van der Waals surface area contributed by atoms with Crippen LogP contribution in [0.1, 0.15) is 27.2 Å². The molecule has 0 radical (unpaired) electrons. The molecule has 1 aliphatic carbocycles. The van der Waals surface area contributed by atoms with E-state index in [4.69, 9.17) is 42.1 Å². The number of hydrogen-bond acceptors (Lipinski definition) is 9. The van der Waals surface area contributed by atoms with Gasteiger partial charge in [0.1, 0.15) is 30.5 Å². The molecule has 1 saturated carbocycles. The van der Waals surface area contributed by atoms with E-state index >= 15 is 0 Å². The number of fused-ring (bicyclic) bond motifs is 3. The average molecular weight is 649 g/mol. The number of hydrogen-bond donors (Lipinski definition) is 1. The van der Waals surface area contributed by atoms with Crippen molar-refractivity contribution >= 4 is 51.7 Å². The second-order valence-electron chi connectivity index (χ2n) is 12.4. The number of ether oxygens (including phenoxy) is 4. The van der Waals surface area contributed by atoms with Crippen molar-refractivity contribution in [2.24, 2.45) is 11.8 Å². The van der Waals surface area contributed by atoms with Gasteiger partial charge in [0, 0.05) is 56.0 Å². The SMILES string of the molecule is CC(C)(C)OC(=O)N1C[C@H]2C[C@@H](C1)C2Oc1cc2c(Nc3ccc(Cl)c(Cl)c3F)ncnc2cc1OCCN1CCOCC1. The third-order valence-electron chi connectivity index (χ3n) is 8.12. The zero-order valence-corrected chi connectivity index (χ0v) is 26.5. The molecule has 13 heteroatoms. The van der Waals surface area contributed by atoms with E-state index in [1.54, 1.807) is 4.90 Å². The molecule has 0 spiro atoms. The summed E-state index contributed by atoms with van der Waals surface area (Å²) in [6, 6.07) is 6.67. The summed E-state index contributed by atoms with van der Waals surface area (Å²) in [5.74, 6) is 1.12. The Kier molecular flexibility index (Phi) is 8.92. The number of benzene rings is 2. The first kappa shape index (κ1) is 30.9. The normalized spacial score (nSPS) is 22.0. The Morgan fingerprint density at radius 3 is 2.59 bits per heavy atom. The number of morpholine rings is 1. The highest BCUT2D eigenvalue weighted by Crippen LogP contribution is 2.45. The maximum Gasteiger partial charge on any atom is 0.410 e. The summed E-state index contributed by atoms with van der Waals surface area (Å²) < 4.78 is 38.9. The number of rotatable bonds is 8. The zero-order valence-electron chi connectivity index (χ0n) is 24.9. The van der Waals surface area contributed by atoms with Gasteiger partial charge in [0.2, 0.25) is 0 Å². The minimum absolute atomic E-state index is 0.0960.